The molecule has 7 fully saturated rings. The van der Waals surface area contributed by atoms with E-state index in [0.717, 1.165) is 111 Å². The van der Waals surface area contributed by atoms with Crippen molar-refractivity contribution in [2.75, 3.05) is 52.9 Å². The van der Waals surface area contributed by atoms with Gasteiger partial charge in [0.15, 0.2) is 25.2 Å². The second-order valence-electron chi connectivity index (χ2n) is 38.5. The van der Waals surface area contributed by atoms with Crippen molar-refractivity contribution in [3.8, 4) is 0 Å². The van der Waals surface area contributed by atoms with Crippen LogP contribution >= 0.6 is 0 Å². The van der Waals surface area contributed by atoms with Crippen LogP contribution in [0.4, 0.5) is 0 Å². The molecule has 51 nitrogen and oxygen atoms in total. The van der Waals surface area contributed by atoms with Gasteiger partial charge < -0.3 is 220 Å². The highest BCUT2D eigenvalue weighted by Gasteiger charge is 2.66. The van der Waals surface area contributed by atoms with Gasteiger partial charge in [-0.05, 0) is 19.8 Å². The molecule has 7 aliphatic heterocycles. The summed E-state index contributed by atoms with van der Waals surface area (Å²) in [4.78, 5) is 107. The molecule has 0 aromatic carbocycles. The first-order valence-corrected chi connectivity index (χ1v) is 49.9. The third-order valence-electron chi connectivity index (χ3n) is 27.2. The van der Waals surface area contributed by atoms with E-state index in [1.54, 1.807) is 0 Å². The van der Waals surface area contributed by atoms with E-state index in [-0.39, 0.29) is 12.8 Å². The summed E-state index contributed by atoms with van der Waals surface area (Å²) in [5.74, 6) is -23.8. The Morgan fingerprint density at radius 2 is 0.727 bits per heavy atom. The number of carbonyl (C=O) groups is 8. The van der Waals surface area contributed by atoms with Gasteiger partial charge in [-0.25, -0.2) is 14.4 Å². The van der Waals surface area contributed by atoms with Gasteiger partial charge in [0.05, 0.1) is 108 Å². The number of unbranched alkanes of at least 4 members (excludes halogenated alkanes) is 22. The number of hydrogen-bond donors (Lipinski definition) is 29. The summed E-state index contributed by atoms with van der Waals surface area (Å²) in [5.41, 5.74) is 0. The molecule has 0 radical (unpaired) electrons. The number of hydrogen-bond acceptors (Lipinski definition) is 44. The van der Waals surface area contributed by atoms with E-state index < -0.39 is 369 Å². The Balaban J connectivity index is 1.27. The molecule has 0 aromatic rings. The fourth-order valence-electron chi connectivity index (χ4n) is 19.3. The Hall–Kier alpha value is -5.48. The maximum Gasteiger partial charge on any atom is 0.364 e. The van der Waals surface area contributed by atoms with Crippen LogP contribution in [0.3, 0.4) is 0 Å². The molecule has 830 valence electrons. The summed E-state index contributed by atoms with van der Waals surface area (Å²) >= 11 is 0. The third kappa shape index (κ3) is 34.3. The molecule has 7 heterocycles. The summed E-state index contributed by atoms with van der Waals surface area (Å²) in [6.07, 6.45) is -55.1. The number of amides is 4. The number of Topliss-reactive ketones (excluding diaryl/α,β-unsaturated/α-hetero) is 1. The van der Waals surface area contributed by atoms with Crippen molar-refractivity contribution in [2.24, 2.45) is 5.92 Å². The van der Waals surface area contributed by atoms with Gasteiger partial charge in [0.1, 0.15) is 146 Å². The predicted molar refractivity (Wildman–Crippen MR) is 484 cm³/mol. The average molecular weight is 2070 g/mol. The number of carboxylic acids is 3. The SMILES string of the molecule is CCCCCCCCCCCCCCC[C@@H](O)[C@H](CO[C@@H]1O[C@H](CO)[C@@H](O[C@@H]2O[C@H](CO)[C@H](O[C@@H]3O[C@H](CO)[C@H](O)[C@H](O[C@@H]4O[C@H](CO)[C@H](O)[C@H](O[C@]5(C(=O)O)C[C@H](O)[C@@H](NC(C)=O)C([C@H](O)[C@H](O)CO)O5)[C@H]4O)[C@H]3CC(C)=O)[C@H](O[C@]3(C(=O)O)C[C@H](O)[C@@H](NC(C)=O)C([C@H](O)[C@@H](CO)O[C@]4(C(=O)O)C[C@H](O)[C@@H](NC(C)=O)C([C@H](O)[C@H](O)CO)O4)O3)[C@H]2O)[C@H](O)[C@H]1O)NC(=O)CCCCCCCCCCCCC. The van der Waals surface area contributed by atoms with E-state index in [1.807, 2.05) is 0 Å². The smallest absolute Gasteiger partial charge is 0.364 e. The van der Waals surface area contributed by atoms with Crippen molar-refractivity contribution >= 4 is 47.3 Å². The molecule has 51 heteroatoms. The zero-order valence-corrected chi connectivity index (χ0v) is 81.9. The predicted octanol–water partition coefficient (Wildman–Crippen LogP) is -6.94. The zero-order valence-electron chi connectivity index (χ0n) is 81.9. The summed E-state index contributed by atoms with van der Waals surface area (Å²) in [7, 11) is 0. The van der Waals surface area contributed by atoms with Crippen LogP contribution in [0, 0.1) is 5.92 Å². The lowest BCUT2D eigenvalue weighted by molar-refractivity contribution is -0.409. The fraction of sp³-hybridized carbons (Fsp3) is 0.913. The van der Waals surface area contributed by atoms with Crippen LogP contribution in [-0.2, 0) is 105 Å². The second-order valence-corrected chi connectivity index (χ2v) is 38.5. The summed E-state index contributed by atoms with van der Waals surface area (Å²) in [6.45, 7) is -2.03. The van der Waals surface area contributed by atoms with E-state index in [1.165, 1.54) is 57.8 Å². The standard InChI is InChI=1S/C92H160N4O47/c1-7-9-11-13-15-17-19-20-22-23-25-27-29-31-51(108)50(96-62(114)32-30-28-26-24-21-18-16-14-12-10-8-2)44-130-84-72(121)71(120)76(60(42-102)133-84)136-86-74(123)82(143-92(89(128)129)36-54(111)65(95-48(6)107)80(141-92)70(119)59(41-101)138-90(87(124)125)34-52(109)63(93-46(4)105)78(139-90)66(115)55(112)37-97)77(61(43-103)134-86)137-83-49(33-45(3)104)75(68(117)57(39-99)131-83)135-85-73(122)81(69(118)58(40-100)132-85)142-91(88(126)127)35-53(110)64(94-47(5)106)79(140-91)67(116)56(113)38-98/h49-61,63-86,97-103,108-113,115-123H,7-44H2,1-6H3,(H,93,105)(H,94,106)(H,95,107)(H,96,114)(H,124,125)(H,126,127)(H,128,129)/t49-,50+,51-,52+,53+,54+,55-,56-,57-,58-,59-,60-,61-,63-,64-,65-,66-,67-,68+,69+,70-,71-,72-,73-,74-,75-,76-,77+,78?,79?,80?,81+,82-,83+,84-,85+,86+,90-,91+,92+/m1/s1. The summed E-state index contributed by atoms with van der Waals surface area (Å²) in [6, 6.07) is -6.98. The van der Waals surface area contributed by atoms with Gasteiger partial charge in [0.2, 0.25) is 23.6 Å². The largest absolute Gasteiger partial charge is 0.477 e. The van der Waals surface area contributed by atoms with E-state index in [4.69, 9.17) is 66.3 Å². The minimum Gasteiger partial charge on any atom is -0.477 e. The molecule has 0 bridgehead atoms. The Bertz CT molecular complexity index is 3790. The molecular weight excluding hydrogens is 1910 g/mol. The van der Waals surface area contributed by atoms with E-state index in [0.29, 0.717) is 12.8 Å². The third-order valence-corrected chi connectivity index (χ3v) is 27.2. The molecule has 0 aromatic heterocycles. The van der Waals surface area contributed by atoms with Crippen molar-refractivity contribution in [2.45, 2.75) is 472 Å². The highest BCUT2D eigenvalue weighted by molar-refractivity contribution is 5.79. The van der Waals surface area contributed by atoms with E-state index in [2.05, 4.69) is 35.1 Å². The lowest BCUT2D eigenvalue weighted by Crippen LogP contribution is -2.72. The molecule has 7 saturated heterocycles. The van der Waals surface area contributed by atoms with E-state index in [9.17, 15) is 166 Å². The van der Waals surface area contributed by atoms with Gasteiger partial charge in [0, 0.05) is 58.8 Å². The molecule has 7 rings (SSSR count). The Kier molecular flexibility index (Phi) is 52.7. The number of carboxylic acid groups (broad SMARTS) is 3. The number of rotatable bonds is 64. The molecule has 7 aliphatic rings. The van der Waals surface area contributed by atoms with Gasteiger partial charge in [-0.3, -0.25) is 19.2 Å². The number of ketones is 1. The van der Waals surface area contributed by atoms with Crippen molar-refractivity contribution in [3.05, 3.63) is 0 Å². The van der Waals surface area contributed by atoms with Crippen LogP contribution in [0.15, 0.2) is 0 Å². The first-order chi connectivity index (χ1) is 67.9. The van der Waals surface area contributed by atoms with Gasteiger partial charge in [0.25, 0.3) is 17.4 Å². The fourth-order valence-corrected chi connectivity index (χ4v) is 19.3. The first kappa shape index (κ1) is 124. The van der Waals surface area contributed by atoms with Crippen molar-refractivity contribution in [1.82, 2.24) is 21.3 Å². The molecule has 4 amide bonds. The van der Waals surface area contributed by atoms with Crippen molar-refractivity contribution in [3.63, 3.8) is 0 Å². The minimum absolute atomic E-state index is 0.0718. The number of carbonyl (C=O) groups excluding carboxylic acids is 5. The second kappa shape index (κ2) is 60.5. The Labute approximate surface area is 828 Å². The van der Waals surface area contributed by atoms with Crippen LogP contribution in [0.2, 0.25) is 0 Å². The molecule has 29 N–H and O–H groups in total. The molecule has 0 spiro atoms. The molecule has 0 saturated carbocycles. The first-order valence-electron chi connectivity index (χ1n) is 49.9. The summed E-state index contributed by atoms with van der Waals surface area (Å²) in [5, 5.41) is 296. The van der Waals surface area contributed by atoms with Gasteiger partial charge >= 0.3 is 17.9 Å². The van der Waals surface area contributed by atoms with Crippen LogP contribution in [0.5, 0.6) is 0 Å². The zero-order chi connectivity index (χ0) is 106. The molecule has 3 unspecified atom stereocenters. The summed E-state index contributed by atoms with van der Waals surface area (Å²) < 4.78 is 84.9. The number of aliphatic carboxylic acids is 3. The van der Waals surface area contributed by atoms with Gasteiger partial charge in [-0.2, -0.15) is 0 Å². The van der Waals surface area contributed by atoms with Crippen LogP contribution in [0.1, 0.15) is 234 Å². The number of ether oxygens (including phenoxy) is 14. The monoisotopic (exact) mass is 2070 g/mol. The van der Waals surface area contributed by atoms with Crippen LogP contribution in [-0.4, -0.2) is 465 Å². The molecular formula is C92H160N4O47. The molecule has 143 heavy (non-hydrogen) atoms. The van der Waals surface area contributed by atoms with Gasteiger partial charge in [-0.1, -0.05) is 162 Å². The topological polar surface area (TPSA) is 820 Å². The van der Waals surface area contributed by atoms with Gasteiger partial charge in [-0.15, -0.1) is 0 Å². The number of nitrogens with one attached hydrogen (secondary N) is 4. The van der Waals surface area contributed by atoms with Crippen molar-refractivity contribution < 1.29 is 232 Å². The normalized spacial score (nSPS) is 36.1. The van der Waals surface area contributed by atoms with E-state index >= 15 is 0 Å². The average Bonchev–Trinajstić information content (AvgIpc) is 0.745. The highest BCUT2D eigenvalue weighted by atomic mass is 16.8. The maximum absolute atomic E-state index is 14.6. The molecule has 40 atom stereocenters. The Morgan fingerprint density at radius 1 is 0.371 bits per heavy atom. The molecule has 0 aliphatic carbocycles. The lowest BCUT2D eigenvalue weighted by Gasteiger charge is -2.53. The lowest BCUT2D eigenvalue weighted by atomic mass is 9.86. The van der Waals surface area contributed by atoms with Crippen LogP contribution < -0.4 is 21.3 Å². The number of aliphatic hydroxyl groups excluding tert-OH is 22. The quantitative estimate of drug-likeness (QED) is 0.0252. The van der Waals surface area contributed by atoms with Crippen molar-refractivity contribution in [1.29, 1.82) is 0 Å². The Morgan fingerprint density at radius 3 is 1.14 bits per heavy atom. The van der Waals surface area contributed by atoms with Crippen LogP contribution in [0.25, 0.3) is 0 Å². The minimum atomic E-state index is -3.79. The maximum atomic E-state index is 14.6. The highest BCUT2D eigenvalue weighted by Crippen LogP contribution is 2.46. The number of aliphatic hydroxyl groups is 22.